The molecule has 3 aromatic rings. The van der Waals surface area contributed by atoms with Gasteiger partial charge in [-0.1, -0.05) is 78.9 Å². The van der Waals surface area contributed by atoms with E-state index in [0.29, 0.717) is 0 Å². The minimum absolute atomic E-state index is 0.997. The maximum atomic E-state index is 2.35. The van der Waals surface area contributed by atoms with Crippen LogP contribution in [-0.4, -0.2) is 0 Å². The van der Waals surface area contributed by atoms with E-state index in [0.717, 1.165) is 6.42 Å². The number of rotatable bonds is 1. The highest BCUT2D eigenvalue weighted by Gasteiger charge is 2.10. The molecule has 0 heterocycles. The van der Waals surface area contributed by atoms with E-state index in [1.165, 1.54) is 37.9 Å². The van der Waals surface area contributed by atoms with Crippen molar-refractivity contribution in [3.05, 3.63) is 82.8 Å². The van der Waals surface area contributed by atoms with E-state index >= 15 is 0 Å². The fraction of sp³-hybridized carbons (Fsp3) is 0.0909. The normalized spacial score (nSPS) is 13.1. The second-order valence-corrected chi connectivity index (χ2v) is 5.77. The molecule has 1 aliphatic carbocycles. The monoisotopic (exact) mass is 282 g/mol. The molecule has 0 fully saturated rings. The molecule has 22 heavy (non-hydrogen) atoms. The van der Waals surface area contributed by atoms with Gasteiger partial charge < -0.3 is 0 Å². The third kappa shape index (κ3) is 2.00. The molecule has 0 saturated heterocycles. The van der Waals surface area contributed by atoms with E-state index in [2.05, 4.69) is 85.8 Å². The quantitative estimate of drug-likeness (QED) is 0.623. The summed E-state index contributed by atoms with van der Waals surface area (Å²) in [4.78, 5) is 0. The van der Waals surface area contributed by atoms with Gasteiger partial charge in [-0.3, -0.25) is 0 Å². The molecule has 0 unspecified atom stereocenters. The zero-order chi connectivity index (χ0) is 14.9. The zero-order valence-electron chi connectivity index (χ0n) is 12.7. The Balaban J connectivity index is 2.29. The van der Waals surface area contributed by atoms with Gasteiger partial charge in [0.05, 0.1) is 0 Å². The highest BCUT2D eigenvalue weighted by atomic mass is 14.1. The predicted molar refractivity (Wildman–Crippen MR) is 96.1 cm³/mol. The molecule has 0 aliphatic heterocycles. The van der Waals surface area contributed by atoms with Gasteiger partial charge in [-0.2, -0.15) is 0 Å². The molecule has 0 bridgehead atoms. The third-order valence-electron chi connectivity index (χ3n) is 4.48. The van der Waals surface area contributed by atoms with Gasteiger partial charge in [-0.25, -0.2) is 0 Å². The molecule has 0 heteroatoms. The molecule has 3 aromatic carbocycles. The Hall–Kier alpha value is -2.60. The van der Waals surface area contributed by atoms with E-state index in [4.69, 9.17) is 0 Å². The number of fused-ring (bicyclic) bond motifs is 2. The lowest BCUT2D eigenvalue weighted by molar-refractivity contribution is 1.38. The van der Waals surface area contributed by atoms with Crippen molar-refractivity contribution in [3.8, 4) is 11.1 Å². The maximum Gasteiger partial charge on any atom is -0.00267 e. The van der Waals surface area contributed by atoms with Gasteiger partial charge in [0.1, 0.15) is 0 Å². The summed E-state index contributed by atoms with van der Waals surface area (Å²) in [5.41, 5.74) is 4.01. The molecule has 0 atom stereocenters. The second-order valence-electron chi connectivity index (χ2n) is 5.77. The van der Waals surface area contributed by atoms with Gasteiger partial charge in [0.15, 0.2) is 0 Å². The van der Waals surface area contributed by atoms with E-state index in [9.17, 15) is 0 Å². The summed E-state index contributed by atoms with van der Waals surface area (Å²) in [6.07, 6.45) is 10.0. The Kier molecular flexibility index (Phi) is 3.16. The van der Waals surface area contributed by atoms with Crippen molar-refractivity contribution in [2.45, 2.75) is 13.3 Å². The van der Waals surface area contributed by atoms with Gasteiger partial charge in [0, 0.05) is 0 Å². The summed E-state index contributed by atoms with van der Waals surface area (Å²) >= 11 is 0. The average molecular weight is 282 g/mol. The molecule has 0 amide bonds. The molecule has 0 spiro atoms. The molecular formula is C22H18. The van der Waals surface area contributed by atoms with Crippen LogP contribution in [0.25, 0.3) is 34.1 Å². The van der Waals surface area contributed by atoms with Gasteiger partial charge in [-0.15, -0.1) is 0 Å². The lowest BCUT2D eigenvalue weighted by Gasteiger charge is -2.12. The SMILES string of the molecule is Cc1c2c(c(-c3ccccc3)c3ccccc13)=CC=CCC=2. The first kappa shape index (κ1) is 13.1. The van der Waals surface area contributed by atoms with Crippen molar-refractivity contribution < 1.29 is 0 Å². The smallest absolute Gasteiger partial charge is 0.00267 e. The van der Waals surface area contributed by atoms with E-state index in [1.807, 2.05) is 0 Å². The summed E-state index contributed by atoms with van der Waals surface area (Å²) in [7, 11) is 0. The maximum absolute atomic E-state index is 2.35. The lowest BCUT2D eigenvalue weighted by Crippen LogP contribution is -2.29. The van der Waals surface area contributed by atoms with Crippen LogP contribution < -0.4 is 10.4 Å². The third-order valence-corrected chi connectivity index (χ3v) is 4.48. The molecule has 0 aromatic heterocycles. The van der Waals surface area contributed by atoms with Crippen molar-refractivity contribution in [2.75, 3.05) is 0 Å². The highest BCUT2D eigenvalue weighted by Crippen LogP contribution is 2.26. The number of allylic oxidation sites excluding steroid dienone is 2. The predicted octanol–water partition coefficient (Wildman–Crippen LogP) is 4.34. The summed E-state index contributed by atoms with van der Waals surface area (Å²) in [5, 5.41) is 5.41. The van der Waals surface area contributed by atoms with Gasteiger partial charge in [0.25, 0.3) is 0 Å². The van der Waals surface area contributed by atoms with Crippen molar-refractivity contribution in [1.82, 2.24) is 0 Å². The summed E-state index contributed by atoms with van der Waals surface area (Å²) in [6.45, 7) is 2.24. The van der Waals surface area contributed by atoms with E-state index in [-0.39, 0.29) is 0 Å². The minimum atomic E-state index is 0.997. The Morgan fingerprint density at radius 3 is 2.32 bits per heavy atom. The molecule has 1 aliphatic rings. The highest BCUT2D eigenvalue weighted by molar-refractivity contribution is 5.99. The van der Waals surface area contributed by atoms with Crippen LogP contribution >= 0.6 is 0 Å². The molecular weight excluding hydrogens is 264 g/mol. The average Bonchev–Trinajstić information content (AvgIpc) is 2.82. The molecule has 0 saturated carbocycles. The number of aryl methyl sites for hydroxylation is 1. The fourth-order valence-electron chi connectivity index (χ4n) is 3.44. The van der Waals surface area contributed by atoms with E-state index in [1.54, 1.807) is 0 Å². The fourth-order valence-corrected chi connectivity index (χ4v) is 3.44. The largest absolute Gasteiger partial charge is 0.0807 e. The minimum Gasteiger partial charge on any atom is -0.0807 e. The van der Waals surface area contributed by atoms with E-state index < -0.39 is 0 Å². The molecule has 4 rings (SSSR count). The number of benzene rings is 3. The topological polar surface area (TPSA) is 0 Å². The summed E-state index contributed by atoms with van der Waals surface area (Å²) in [6, 6.07) is 19.5. The number of hydrogen-bond acceptors (Lipinski definition) is 0. The number of hydrogen-bond donors (Lipinski definition) is 0. The van der Waals surface area contributed by atoms with Crippen LogP contribution in [-0.2, 0) is 0 Å². The standard InChI is InChI=1S/C22H18/c1-16-18-12-6-3-7-14-20(18)22(17-10-4-2-5-11-17)21-15-9-8-13-19(16)21/h2-5,7-15H,6H2,1H3. The van der Waals surface area contributed by atoms with Crippen LogP contribution in [0.5, 0.6) is 0 Å². The van der Waals surface area contributed by atoms with Crippen molar-refractivity contribution >= 4 is 22.9 Å². The van der Waals surface area contributed by atoms with Crippen molar-refractivity contribution in [1.29, 1.82) is 0 Å². The van der Waals surface area contributed by atoms with Crippen LogP contribution in [0.3, 0.4) is 0 Å². The van der Waals surface area contributed by atoms with Crippen LogP contribution in [0, 0.1) is 6.92 Å². The van der Waals surface area contributed by atoms with Crippen LogP contribution in [0.4, 0.5) is 0 Å². The second kappa shape index (κ2) is 5.31. The van der Waals surface area contributed by atoms with Crippen LogP contribution in [0.2, 0.25) is 0 Å². The summed E-state index contributed by atoms with van der Waals surface area (Å²) in [5.74, 6) is 0. The Bertz CT molecular complexity index is 990. The van der Waals surface area contributed by atoms with Crippen LogP contribution in [0.1, 0.15) is 12.0 Å². The lowest BCUT2D eigenvalue weighted by atomic mass is 9.91. The molecule has 106 valence electrons. The summed E-state index contributed by atoms with van der Waals surface area (Å²) < 4.78 is 0. The van der Waals surface area contributed by atoms with Gasteiger partial charge in [0.2, 0.25) is 0 Å². The Morgan fingerprint density at radius 1 is 0.773 bits per heavy atom. The Morgan fingerprint density at radius 2 is 1.50 bits per heavy atom. The molecule has 0 N–H and O–H groups in total. The van der Waals surface area contributed by atoms with Crippen molar-refractivity contribution in [2.24, 2.45) is 0 Å². The zero-order valence-corrected chi connectivity index (χ0v) is 12.7. The first-order valence-electron chi connectivity index (χ1n) is 7.80. The molecule has 0 radical (unpaired) electrons. The van der Waals surface area contributed by atoms with Crippen LogP contribution in [0.15, 0.2) is 66.7 Å². The first-order chi connectivity index (χ1) is 10.9. The first-order valence-corrected chi connectivity index (χ1v) is 7.80. The van der Waals surface area contributed by atoms with Crippen molar-refractivity contribution in [3.63, 3.8) is 0 Å². The molecule has 0 nitrogen and oxygen atoms in total. The van der Waals surface area contributed by atoms with Gasteiger partial charge >= 0.3 is 0 Å². The Labute approximate surface area is 130 Å². The van der Waals surface area contributed by atoms with Gasteiger partial charge in [-0.05, 0) is 51.2 Å².